The highest BCUT2D eigenvalue weighted by Crippen LogP contribution is 2.25. The van der Waals surface area contributed by atoms with Crippen molar-refractivity contribution in [1.82, 2.24) is 55.6 Å². The second-order valence-electron chi connectivity index (χ2n) is 26.5. The molecule has 23 nitrogen and oxygen atoms in total. The smallest absolute Gasteiger partial charge is 0.248 e. The molecule has 1 rings (SSSR count). The van der Waals surface area contributed by atoms with Gasteiger partial charge in [-0.2, -0.15) is 0 Å². The summed E-state index contributed by atoms with van der Waals surface area (Å²) in [6.07, 6.45) is 1.91. The molecule has 0 bridgehead atoms. The second kappa shape index (κ2) is 35.2. The number of carbonyl (C=O) groups is 10. The Morgan fingerprint density at radius 2 is 0.929 bits per heavy atom. The summed E-state index contributed by atoms with van der Waals surface area (Å²) < 4.78 is 0. The van der Waals surface area contributed by atoms with E-state index < -0.39 is 156 Å². The molecule has 10 amide bonds. The Kier molecular flexibility index (Phi) is 32.0. The summed E-state index contributed by atoms with van der Waals surface area (Å²) in [4.78, 5) is 155. The van der Waals surface area contributed by atoms with Crippen molar-refractivity contribution in [3.8, 4) is 0 Å². The Balaban J connectivity index is 4.31. The molecule has 23 heteroatoms. The second-order valence-corrected chi connectivity index (χ2v) is 26.5. The van der Waals surface area contributed by atoms with Gasteiger partial charge in [0.05, 0.1) is 24.8 Å². The quantitative estimate of drug-likeness (QED) is 0.129. The van der Waals surface area contributed by atoms with Crippen LogP contribution in [0.25, 0.3) is 0 Å². The predicted octanol–water partition coefficient (Wildman–Crippen LogP) is 2.71. The van der Waals surface area contributed by atoms with E-state index in [9.17, 15) is 48.6 Å². The number of amides is 10. The lowest BCUT2D eigenvalue weighted by molar-refractivity contribution is -0.155. The summed E-state index contributed by atoms with van der Waals surface area (Å²) in [5, 5.41) is 34.2. The number of nitrogens with one attached hydrogen (secondary N) is 4. The van der Waals surface area contributed by atoms with Crippen LogP contribution >= 0.6 is 0 Å². The zero-order chi connectivity index (χ0) is 66.0. The van der Waals surface area contributed by atoms with Crippen LogP contribution in [0.3, 0.4) is 0 Å². The maximum absolute atomic E-state index is 15.1. The molecule has 1 saturated heterocycles. The van der Waals surface area contributed by atoms with Crippen molar-refractivity contribution < 1.29 is 58.2 Å². The van der Waals surface area contributed by atoms with Crippen molar-refractivity contribution in [3.05, 3.63) is 12.2 Å². The van der Waals surface area contributed by atoms with E-state index >= 15 is 9.59 Å². The summed E-state index contributed by atoms with van der Waals surface area (Å²) in [6, 6.07) is -11.6. The van der Waals surface area contributed by atoms with Crippen LogP contribution in [0.15, 0.2) is 12.2 Å². The highest BCUT2D eigenvalue weighted by atomic mass is 16.3. The summed E-state index contributed by atoms with van der Waals surface area (Å²) in [7, 11) is 10.4. The molecule has 0 aromatic heterocycles. The number of carbonyl (C=O) groups excluding carboxylic acids is 10. The van der Waals surface area contributed by atoms with E-state index in [-0.39, 0.29) is 43.1 Å². The summed E-state index contributed by atoms with van der Waals surface area (Å²) in [5.74, 6) is -8.66. The largest absolute Gasteiger partial charge is 0.391 e. The lowest BCUT2D eigenvalue weighted by Gasteiger charge is -2.42. The molecule has 6 N–H and O–H groups in total. The van der Waals surface area contributed by atoms with E-state index in [1.165, 1.54) is 58.9 Å². The minimum absolute atomic E-state index is 0.0198. The van der Waals surface area contributed by atoms with Crippen molar-refractivity contribution in [2.45, 2.75) is 222 Å². The standard InChI is InChI=1S/C62H113N11O12/c1-25-26-27-40(14)53(76)52-57(80)66-50(43(17)74)60(83)68(19)33-48(75)70(21)45(29-35(4)5)56(79)65-49(38(10)11)61(84)71(22)46(30-36(6)7)55(78)63-41(15)54(77)64-42(16)58(81)69(20)44(28-34(2)3)32-67(18)47(31-37(8)9)59(82)72(23)51(39(12)13)62(85)73(52)24/h25-26,34-47,49-53,74,76H,27-33H2,1-24H3,(H,63,78)(H,64,77)(H,65,79)(H,66,80)/b26-25+/t40-,41+,42-,43?,44+,45+,46+,47+,49+,50+,51+,52+,53-/m1/s1. The molecular formula is C62H113N11O12. The average Bonchev–Trinajstić information content (AvgIpc) is 3.06. The molecule has 0 aliphatic carbocycles. The molecule has 1 aliphatic rings. The molecule has 0 radical (unpaired) electrons. The van der Waals surface area contributed by atoms with Gasteiger partial charge in [-0.15, -0.1) is 0 Å². The van der Waals surface area contributed by atoms with Gasteiger partial charge in [0.2, 0.25) is 59.1 Å². The number of rotatable bonds is 15. The first kappa shape index (κ1) is 77.3. The van der Waals surface area contributed by atoms with Crippen LogP contribution in [0.4, 0.5) is 0 Å². The van der Waals surface area contributed by atoms with E-state index in [1.54, 1.807) is 79.6 Å². The van der Waals surface area contributed by atoms with Crippen LogP contribution in [-0.2, 0) is 47.9 Å². The summed E-state index contributed by atoms with van der Waals surface area (Å²) in [6.45, 7) is 29.7. The van der Waals surface area contributed by atoms with E-state index in [0.29, 0.717) is 19.3 Å². The van der Waals surface area contributed by atoms with E-state index in [1.807, 2.05) is 60.3 Å². The number of allylic oxidation sites excluding steroid dienone is 2. The van der Waals surface area contributed by atoms with E-state index in [0.717, 1.165) is 14.7 Å². The van der Waals surface area contributed by atoms with Gasteiger partial charge in [0.1, 0.15) is 48.3 Å². The monoisotopic (exact) mass is 1200 g/mol. The van der Waals surface area contributed by atoms with Gasteiger partial charge in [0.15, 0.2) is 0 Å². The Morgan fingerprint density at radius 3 is 1.40 bits per heavy atom. The van der Waals surface area contributed by atoms with Crippen LogP contribution in [0.2, 0.25) is 0 Å². The summed E-state index contributed by atoms with van der Waals surface area (Å²) >= 11 is 0. The van der Waals surface area contributed by atoms with Gasteiger partial charge in [-0.3, -0.25) is 52.8 Å². The minimum atomic E-state index is -1.71. The molecule has 1 heterocycles. The zero-order valence-corrected chi connectivity index (χ0v) is 56.2. The highest BCUT2D eigenvalue weighted by Gasteiger charge is 2.45. The third-order valence-electron chi connectivity index (χ3n) is 16.2. The van der Waals surface area contributed by atoms with Crippen LogP contribution in [0, 0.1) is 41.4 Å². The maximum atomic E-state index is 15.1. The Hall–Kier alpha value is -5.68. The molecular weight excluding hydrogens is 1090 g/mol. The van der Waals surface area contributed by atoms with E-state index in [2.05, 4.69) is 21.3 Å². The normalized spacial score (nSPS) is 27.5. The molecule has 0 aromatic rings. The van der Waals surface area contributed by atoms with Crippen molar-refractivity contribution in [2.75, 3.05) is 62.4 Å². The molecule has 1 aliphatic heterocycles. The molecule has 1 unspecified atom stereocenters. The average molecular weight is 1200 g/mol. The number of aliphatic hydroxyl groups excluding tert-OH is 2. The first-order chi connectivity index (χ1) is 39.2. The Bertz CT molecular complexity index is 2270. The van der Waals surface area contributed by atoms with Crippen LogP contribution in [0.5, 0.6) is 0 Å². The zero-order valence-electron chi connectivity index (χ0n) is 56.2. The van der Waals surface area contributed by atoms with Gasteiger partial charge in [-0.25, -0.2) is 0 Å². The lowest BCUT2D eigenvalue weighted by atomic mass is 9.91. The van der Waals surface area contributed by atoms with Gasteiger partial charge in [0.25, 0.3) is 0 Å². The number of hydrogen-bond donors (Lipinski definition) is 6. The number of aliphatic hydroxyl groups is 2. The maximum Gasteiger partial charge on any atom is 0.248 e. The van der Waals surface area contributed by atoms with Gasteiger partial charge >= 0.3 is 0 Å². The van der Waals surface area contributed by atoms with Gasteiger partial charge in [-0.1, -0.05) is 102 Å². The SMILES string of the molecule is C/C=C/C[C@@H](C)[C@@H](O)[C@H]1C(=O)N[C@@H](C(C)O)C(=O)N(C)CC(=O)N(C)[C@@H](CC(C)C)C(=O)N[C@@H](C(C)C)C(=O)N(C)[C@@H](CC(C)C)C(=O)N[C@@H](C)C(=O)N[C@H](C)C(=O)N(C)[C@@H](CC(C)C)CN(C)[C@@H](CC(C)C)C(=O)N(C)[C@@H](C(C)C)C(=O)N1C. The fourth-order valence-corrected chi connectivity index (χ4v) is 10.9. The molecule has 85 heavy (non-hydrogen) atoms. The van der Waals surface area contributed by atoms with Crippen molar-refractivity contribution >= 4 is 59.1 Å². The first-order valence-corrected chi connectivity index (χ1v) is 30.6. The number of likely N-dealkylation sites (N-methyl/N-ethyl adjacent to an activating group) is 7. The van der Waals surface area contributed by atoms with Crippen LogP contribution in [0.1, 0.15) is 150 Å². The predicted molar refractivity (Wildman–Crippen MR) is 330 cm³/mol. The molecule has 1 fully saturated rings. The Morgan fingerprint density at radius 1 is 0.471 bits per heavy atom. The lowest BCUT2D eigenvalue weighted by Crippen LogP contribution is -2.64. The number of nitrogens with zero attached hydrogens (tertiary/aromatic N) is 7. The van der Waals surface area contributed by atoms with E-state index in [4.69, 9.17) is 0 Å². The van der Waals surface area contributed by atoms with Gasteiger partial charge < -0.3 is 60.9 Å². The first-order valence-electron chi connectivity index (χ1n) is 30.6. The Labute approximate surface area is 509 Å². The highest BCUT2D eigenvalue weighted by molar-refractivity contribution is 5.98. The third-order valence-corrected chi connectivity index (χ3v) is 16.2. The molecule has 13 atom stereocenters. The molecule has 488 valence electrons. The van der Waals surface area contributed by atoms with Gasteiger partial charge in [0, 0.05) is 54.9 Å². The van der Waals surface area contributed by atoms with Crippen LogP contribution in [-0.4, -0.2) is 239 Å². The van der Waals surface area contributed by atoms with Crippen molar-refractivity contribution in [3.63, 3.8) is 0 Å². The fourth-order valence-electron chi connectivity index (χ4n) is 10.9. The topological polar surface area (TPSA) is 282 Å². The molecule has 0 aromatic carbocycles. The van der Waals surface area contributed by atoms with Crippen LogP contribution < -0.4 is 21.3 Å². The molecule has 0 spiro atoms. The third kappa shape index (κ3) is 22.5. The van der Waals surface area contributed by atoms with Crippen molar-refractivity contribution in [1.29, 1.82) is 0 Å². The van der Waals surface area contributed by atoms with Gasteiger partial charge in [-0.05, 0) is 108 Å². The van der Waals surface area contributed by atoms with Crippen molar-refractivity contribution in [2.24, 2.45) is 41.4 Å². The summed E-state index contributed by atoms with van der Waals surface area (Å²) in [5.41, 5.74) is 0. The minimum Gasteiger partial charge on any atom is -0.391 e. The fraction of sp³-hybridized carbons (Fsp3) is 0.806. The number of hydrogen-bond acceptors (Lipinski definition) is 13. The molecule has 0 saturated carbocycles.